The predicted molar refractivity (Wildman–Crippen MR) is 67.8 cm³/mol. The van der Waals surface area contributed by atoms with Crippen molar-refractivity contribution in [1.29, 1.82) is 5.26 Å². The minimum Gasteiger partial charge on any atom is -0.396 e. The highest BCUT2D eigenvalue weighted by molar-refractivity contribution is 5.33. The lowest BCUT2D eigenvalue weighted by Crippen LogP contribution is -2.35. The van der Waals surface area contributed by atoms with E-state index in [0.29, 0.717) is 18.1 Å². The van der Waals surface area contributed by atoms with Gasteiger partial charge in [-0.2, -0.15) is 5.26 Å². The van der Waals surface area contributed by atoms with Gasteiger partial charge in [0.15, 0.2) is 5.69 Å². The van der Waals surface area contributed by atoms with E-state index in [4.69, 9.17) is 5.26 Å². The first kappa shape index (κ1) is 12.8. The summed E-state index contributed by atoms with van der Waals surface area (Å²) in [5.74, 6) is 0.660. The molecule has 1 saturated carbocycles. The summed E-state index contributed by atoms with van der Waals surface area (Å²) in [5, 5.41) is 21.4. The number of aromatic nitrogens is 2. The third-order valence-corrected chi connectivity index (χ3v) is 3.66. The van der Waals surface area contributed by atoms with Gasteiger partial charge in [0, 0.05) is 12.0 Å². The number of nitriles is 1. The minimum atomic E-state index is -0.0200. The molecule has 1 aliphatic carbocycles. The van der Waals surface area contributed by atoms with Crippen LogP contribution in [0.4, 0.5) is 5.82 Å². The molecule has 96 valence electrons. The molecule has 0 bridgehead atoms. The average Bonchev–Trinajstić information content (AvgIpc) is 2.47. The maximum Gasteiger partial charge on any atom is 0.158 e. The molecule has 1 heterocycles. The Morgan fingerprint density at radius 3 is 2.61 bits per heavy atom. The second-order valence-corrected chi connectivity index (χ2v) is 4.97. The van der Waals surface area contributed by atoms with Gasteiger partial charge >= 0.3 is 0 Å². The number of rotatable bonds is 4. The van der Waals surface area contributed by atoms with E-state index in [1.165, 1.54) is 25.5 Å². The van der Waals surface area contributed by atoms with Crippen molar-refractivity contribution in [3.8, 4) is 6.07 Å². The van der Waals surface area contributed by atoms with Gasteiger partial charge in [0.05, 0.1) is 19.0 Å². The van der Waals surface area contributed by atoms with Gasteiger partial charge in [-0.3, -0.25) is 0 Å². The third kappa shape index (κ3) is 2.96. The zero-order valence-electron chi connectivity index (χ0n) is 10.4. The maximum atomic E-state index is 9.58. The van der Waals surface area contributed by atoms with Gasteiger partial charge in [0.25, 0.3) is 0 Å². The molecule has 0 spiro atoms. The van der Waals surface area contributed by atoms with Crippen molar-refractivity contribution in [2.24, 2.45) is 5.41 Å². The Morgan fingerprint density at radius 2 is 2.06 bits per heavy atom. The van der Waals surface area contributed by atoms with Crippen molar-refractivity contribution in [2.75, 3.05) is 18.5 Å². The van der Waals surface area contributed by atoms with Gasteiger partial charge in [0.1, 0.15) is 11.9 Å². The molecule has 0 saturated heterocycles. The van der Waals surface area contributed by atoms with Gasteiger partial charge in [-0.15, -0.1) is 0 Å². The number of nitrogens with zero attached hydrogens (tertiary/aromatic N) is 3. The van der Waals surface area contributed by atoms with E-state index < -0.39 is 0 Å². The largest absolute Gasteiger partial charge is 0.396 e. The molecule has 1 fully saturated rings. The van der Waals surface area contributed by atoms with Gasteiger partial charge in [-0.25, -0.2) is 9.97 Å². The SMILES string of the molecule is N#Cc1cnc(NCC2(CO)CCCCC2)cn1. The molecule has 0 radical (unpaired) electrons. The van der Waals surface area contributed by atoms with E-state index in [1.54, 1.807) is 6.20 Å². The summed E-state index contributed by atoms with van der Waals surface area (Å²) < 4.78 is 0. The Bertz CT molecular complexity index is 418. The summed E-state index contributed by atoms with van der Waals surface area (Å²) in [6.45, 7) is 0.924. The summed E-state index contributed by atoms with van der Waals surface area (Å²) in [5.41, 5.74) is 0.295. The number of aliphatic hydroxyl groups is 1. The molecule has 2 N–H and O–H groups in total. The first-order chi connectivity index (χ1) is 8.78. The Hall–Kier alpha value is -1.67. The lowest BCUT2D eigenvalue weighted by molar-refractivity contribution is 0.0943. The van der Waals surface area contributed by atoms with E-state index in [1.807, 2.05) is 6.07 Å². The topological polar surface area (TPSA) is 81.8 Å². The van der Waals surface area contributed by atoms with E-state index in [2.05, 4.69) is 15.3 Å². The normalized spacial score (nSPS) is 18.0. The standard InChI is InChI=1S/C13H18N4O/c14-6-11-7-16-12(8-15-11)17-9-13(10-18)4-2-1-3-5-13/h7-8,18H,1-5,9-10H2,(H,16,17). The molecule has 0 aliphatic heterocycles. The number of aliphatic hydroxyl groups excluding tert-OH is 1. The van der Waals surface area contributed by atoms with E-state index in [-0.39, 0.29) is 12.0 Å². The van der Waals surface area contributed by atoms with Crippen LogP contribution in [-0.2, 0) is 0 Å². The Morgan fingerprint density at radius 1 is 1.28 bits per heavy atom. The molecular weight excluding hydrogens is 228 g/mol. The zero-order chi connectivity index (χ0) is 12.8. The molecule has 0 amide bonds. The highest BCUT2D eigenvalue weighted by Gasteiger charge is 2.31. The molecule has 5 nitrogen and oxygen atoms in total. The van der Waals surface area contributed by atoms with E-state index in [0.717, 1.165) is 12.8 Å². The monoisotopic (exact) mass is 246 g/mol. The lowest BCUT2D eigenvalue weighted by atomic mass is 9.74. The van der Waals surface area contributed by atoms with Crippen LogP contribution >= 0.6 is 0 Å². The predicted octanol–water partition coefficient (Wildman–Crippen LogP) is 1.70. The van der Waals surface area contributed by atoms with Crippen LogP contribution < -0.4 is 5.32 Å². The quantitative estimate of drug-likeness (QED) is 0.845. The van der Waals surface area contributed by atoms with E-state index >= 15 is 0 Å². The van der Waals surface area contributed by atoms with Crippen LogP contribution in [0.2, 0.25) is 0 Å². The van der Waals surface area contributed by atoms with Crippen LogP contribution in [0.25, 0.3) is 0 Å². The second-order valence-electron chi connectivity index (χ2n) is 4.97. The molecule has 0 atom stereocenters. The lowest BCUT2D eigenvalue weighted by Gasteiger charge is -2.35. The van der Waals surface area contributed by atoms with Crippen molar-refractivity contribution in [2.45, 2.75) is 32.1 Å². The molecule has 5 heteroatoms. The Kier molecular flexibility index (Phi) is 4.11. The van der Waals surface area contributed by atoms with Crippen LogP contribution in [0.5, 0.6) is 0 Å². The maximum absolute atomic E-state index is 9.58. The van der Waals surface area contributed by atoms with Crippen molar-refractivity contribution in [3.63, 3.8) is 0 Å². The van der Waals surface area contributed by atoms with Gasteiger partial charge in [0.2, 0.25) is 0 Å². The van der Waals surface area contributed by atoms with Crippen LogP contribution in [0.3, 0.4) is 0 Å². The van der Waals surface area contributed by atoms with Crippen LogP contribution in [-0.4, -0.2) is 28.2 Å². The molecule has 0 unspecified atom stereocenters. The number of nitrogens with one attached hydrogen (secondary N) is 1. The molecule has 2 rings (SSSR count). The summed E-state index contributed by atoms with van der Waals surface area (Å²) in [4.78, 5) is 8.08. The van der Waals surface area contributed by atoms with E-state index in [9.17, 15) is 5.11 Å². The summed E-state index contributed by atoms with van der Waals surface area (Å²) in [6, 6.07) is 1.94. The van der Waals surface area contributed by atoms with Crippen molar-refractivity contribution < 1.29 is 5.11 Å². The van der Waals surface area contributed by atoms with Crippen LogP contribution in [0.1, 0.15) is 37.8 Å². The van der Waals surface area contributed by atoms with Gasteiger partial charge in [-0.1, -0.05) is 19.3 Å². The highest BCUT2D eigenvalue weighted by Crippen LogP contribution is 2.35. The van der Waals surface area contributed by atoms with Gasteiger partial charge in [-0.05, 0) is 12.8 Å². The van der Waals surface area contributed by atoms with Gasteiger partial charge < -0.3 is 10.4 Å². The fourth-order valence-corrected chi connectivity index (χ4v) is 2.45. The number of hydrogen-bond donors (Lipinski definition) is 2. The second kappa shape index (κ2) is 5.78. The molecule has 1 aromatic heterocycles. The third-order valence-electron chi connectivity index (χ3n) is 3.66. The average molecular weight is 246 g/mol. The molecule has 18 heavy (non-hydrogen) atoms. The summed E-state index contributed by atoms with van der Waals surface area (Å²) in [7, 11) is 0. The van der Waals surface area contributed by atoms with Crippen molar-refractivity contribution in [1.82, 2.24) is 9.97 Å². The molecular formula is C13H18N4O. The summed E-state index contributed by atoms with van der Waals surface area (Å²) in [6.07, 6.45) is 8.75. The Labute approximate surface area is 107 Å². The Balaban J connectivity index is 1.94. The summed E-state index contributed by atoms with van der Waals surface area (Å²) >= 11 is 0. The number of hydrogen-bond acceptors (Lipinski definition) is 5. The van der Waals surface area contributed by atoms with Crippen LogP contribution in [0, 0.1) is 16.7 Å². The van der Waals surface area contributed by atoms with Crippen molar-refractivity contribution >= 4 is 5.82 Å². The zero-order valence-corrected chi connectivity index (χ0v) is 10.4. The van der Waals surface area contributed by atoms with Crippen LogP contribution in [0.15, 0.2) is 12.4 Å². The highest BCUT2D eigenvalue weighted by atomic mass is 16.3. The molecule has 1 aliphatic rings. The number of anilines is 1. The minimum absolute atomic E-state index is 0.0200. The first-order valence-electron chi connectivity index (χ1n) is 6.35. The molecule has 0 aromatic carbocycles. The smallest absolute Gasteiger partial charge is 0.158 e. The molecule has 1 aromatic rings. The fraction of sp³-hybridized carbons (Fsp3) is 0.615. The first-order valence-corrected chi connectivity index (χ1v) is 6.35. The fourth-order valence-electron chi connectivity index (χ4n) is 2.45. The van der Waals surface area contributed by atoms with Crippen molar-refractivity contribution in [3.05, 3.63) is 18.1 Å².